The van der Waals surface area contributed by atoms with E-state index in [1.54, 1.807) is 36.4 Å². The molecule has 0 radical (unpaired) electrons. The van der Waals surface area contributed by atoms with Gasteiger partial charge in [0.1, 0.15) is 11.9 Å². The maximum absolute atomic E-state index is 12.2. The van der Waals surface area contributed by atoms with Gasteiger partial charge in [0.2, 0.25) is 5.91 Å². The number of benzene rings is 1. The van der Waals surface area contributed by atoms with Crippen molar-refractivity contribution in [2.45, 2.75) is 19.3 Å². The van der Waals surface area contributed by atoms with Gasteiger partial charge in [0.15, 0.2) is 0 Å². The number of likely N-dealkylation sites (tertiary alicyclic amines) is 1. The van der Waals surface area contributed by atoms with E-state index < -0.39 is 0 Å². The highest BCUT2D eigenvalue weighted by Crippen LogP contribution is 2.15. The van der Waals surface area contributed by atoms with Crippen LogP contribution in [0.4, 0.5) is 11.5 Å². The zero-order valence-electron chi connectivity index (χ0n) is 15.6. The second-order valence-corrected chi connectivity index (χ2v) is 6.21. The summed E-state index contributed by atoms with van der Waals surface area (Å²) >= 11 is 0. The minimum absolute atomic E-state index is 0.0706. The fraction of sp³-hybridized carbons (Fsp3) is 0.238. The van der Waals surface area contributed by atoms with E-state index in [2.05, 4.69) is 16.9 Å². The van der Waals surface area contributed by atoms with Crippen LogP contribution in [0.15, 0.2) is 55.3 Å². The number of pyridine rings is 1. The Morgan fingerprint density at radius 2 is 1.82 bits per heavy atom. The molecule has 0 bridgehead atoms. The van der Waals surface area contributed by atoms with Crippen molar-refractivity contribution >= 4 is 23.3 Å². The highest BCUT2D eigenvalue weighted by atomic mass is 16.2. The van der Waals surface area contributed by atoms with Crippen LogP contribution in [0.5, 0.6) is 0 Å². The molecule has 0 spiro atoms. The quantitative estimate of drug-likeness (QED) is 0.799. The van der Waals surface area contributed by atoms with E-state index in [-0.39, 0.29) is 11.8 Å². The third kappa shape index (κ3) is 6.25. The molecule has 0 aliphatic carbocycles. The first-order chi connectivity index (χ1) is 13.5. The van der Waals surface area contributed by atoms with Crippen molar-refractivity contribution in [1.82, 2.24) is 9.88 Å². The highest BCUT2D eigenvalue weighted by molar-refractivity contribution is 5.99. The summed E-state index contributed by atoms with van der Waals surface area (Å²) in [7, 11) is 0. The summed E-state index contributed by atoms with van der Waals surface area (Å²) in [5, 5.41) is 11.0. The number of nitrogens with two attached hydrogens (primary N) is 1. The summed E-state index contributed by atoms with van der Waals surface area (Å²) in [6.07, 6.45) is 6.02. The van der Waals surface area contributed by atoms with Crippen molar-refractivity contribution in [2.75, 3.05) is 24.1 Å². The highest BCUT2D eigenvalue weighted by Gasteiger charge is 2.17. The van der Waals surface area contributed by atoms with Crippen LogP contribution < -0.4 is 11.1 Å². The Morgan fingerprint density at radius 3 is 2.36 bits per heavy atom. The number of nitrogens with zero attached hydrogens (tertiary/aromatic N) is 3. The molecule has 0 atom stereocenters. The summed E-state index contributed by atoms with van der Waals surface area (Å²) in [5.41, 5.74) is 7.12. The van der Waals surface area contributed by atoms with Crippen LogP contribution in [0.2, 0.25) is 0 Å². The summed E-state index contributed by atoms with van der Waals surface area (Å²) in [6.45, 7) is 5.07. The summed E-state index contributed by atoms with van der Waals surface area (Å²) in [5.74, 6) is 0.255. The lowest BCUT2D eigenvalue weighted by Gasteiger charge is -2.26. The van der Waals surface area contributed by atoms with Gasteiger partial charge in [-0.25, -0.2) is 4.98 Å². The molecule has 1 aliphatic heterocycles. The monoisotopic (exact) mass is 377 g/mol. The average molecular weight is 377 g/mol. The number of aromatic nitrogens is 1. The van der Waals surface area contributed by atoms with Crippen LogP contribution >= 0.6 is 0 Å². The van der Waals surface area contributed by atoms with Crippen LogP contribution in [0.25, 0.3) is 0 Å². The predicted octanol–water partition coefficient (Wildman–Crippen LogP) is 2.97. The molecule has 3 rings (SSSR count). The molecule has 1 aromatic heterocycles. The van der Waals surface area contributed by atoms with Crippen molar-refractivity contribution in [2.24, 2.45) is 0 Å². The zero-order valence-corrected chi connectivity index (χ0v) is 15.6. The normalized spacial score (nSPS) is 12.8. The molecular formula is C21H23N5O2. The second-order valence-electron chi connectivity index (χ2n) is 6.21. The first-order valence-electron chi connectivity index (χ1n) is 8.98. The van der Waals surface area contributed by atoms with Crippen molar-refractivity contribution in [3.63, 3.8) is 0 Å². The van der Waals surface area contributed by atoms with Gasteiger partial charge in [-0.1, -0.05) is 6.58 Å². The number of hydrogen-bond acceptors (Lipinski definition) is 5. The molecule has 0 unspecified atom stereocenters. The first-order valence-corrected chi connectivity index (χ1v) is 8.98. The van der Waals surface area contributed by atoms with E-state index in [4.69, 9.17) is 11.0 Å². The number of nitriles is 1. The second kappa shape index (κ2) is 10.5. The van der Waals surface area contributed by atoms with Crippen molar-refractivity contribution < 1.29 is 9.59 Å². The molecule has 2 heterocycles. The van der Waals surface area contributed by atoms with Crippen LogP contribution in [0.1, 0.15) is 35.2 Å². The maximum atomic E-state index is 12.2. The van der Waals surface area contributed by atoms with Crippen molar-refractivity contribution in [1.29, 1.82) is 5.26 Å². The van der Waals surface area contributed by atoms with Crippen molar-refractivity contribution in [3.8, 4) is 6.07 Å². The van der Waals surface area contributed by atoms with Gasteiger partial charge in [-0.2, -0.15) is 5.26 Å². The molecule has 7 heteroatoms. The molecule has 2 aromatic rings. The van der Waals surface area contributed by atoms with E-state index in [0.717, 1.165) is 25.9 Å². The van der Waals surface area contributed by atoms with Crippen LogP contribution in [-0.4, -0.2) is 34.8 Å². The number of amides is 2. The van der Waals surface area contributed by atoms with E-state index >= 15 is 0 Å². The fourth-order valence-corrected chi connectivity index (χ4v) is 2.64. The molecule has 7 nitrogen and oxygen atoms in total. The summed E-state index contributed by atoms with van der Waals surface area (Å²) < 4.78 is 0. The number of hydrogen-bond donors (Lipinski definition) is 2. The molecule has 0 saturated carbocycles. The van der Waals surface area contributed by atoms with Gasteiger partial charge in [-0.15, -0.1) is 0 Å². The van der Waals surface area contributed by atoms with Gasteiger partial charge in [-0.05, 0) is 61.7 Å². The molecular weight excluding hydrogens is 354 g/mol. The molecule has 28 heavy (non-hydrogen) atoms. The number of carbonyl (C=O) groups is 2. The lowest BCUT2D eigenvalue weighted by Crippen LogP contribution is -2.35. The number of nitrogens with one attached hydrogen (secondary N) is 1. The van der Waals surface area contributed by atoms with Gasteiger partial charge < -0.3 is 16.0 Å². The Balaban J connectivity index is 0.000000261. The summed E-state index contributed by atoms with van der Waals surface area (Å²) in [6, 6.07) is 12.1. The van der Waals surface area contributed by atoms with Crippen LogP contribution in [0.3, 0.4) is 0 Å². The molecule has 1 fully saturated rings. The van der Waals surface area contributed by atoms with Crippen LogP contribution in [0, 0.1) is 11.3 Å². The third-order valence-electron chi connectivity index (χ3n) is 4.14. The predicted molar refractivity (Wildman–Crippen MR) is 108 cm³/mol. The van der Waals surface area contributed by atoms with Crippen LogP contribution in [-0.2, 0) is 4.79 Å². The van der Waals surface area contributed by atoms with Crippen molar-refractivity contribution in [3.05, 3.63) is 66.4 Å². The third-order valence-corrected chi connectivity index (χ3v) is 4.14. The zero-order chi connectivity index (χ0) is 20.4. The molecule has 3 N–H and O–H groups in total. The van der Waals surface area contributed by atoms with Gasteiger partial charge in [-0.3, -0.25) is 9.59 Å². The maximum Gasteiger partial charge on any atom is 0.253 e. The first kappa shape index (κ1) is 20.6. The fourth-order valence-electron chi connectivity index (χ4n) is 2.64. The van der Waals surface area contributed by atoms with Gasteiger partial charge in [0.05, 0.1) is 5.56 Å². The van der Waals surface area contributed by atoms with E-state index in [1.807, 2.05) is 11.0 Å². The summed E-state index contributed by atoms with van der Waals surface area (Å²) in [4.78, 5) is 28.9. The lowest BCUT2D eigenvalue weighted by atomic mass is 10.1. The van der Waals surface area contributed by atoms with E-state index in [0.29, 0.717) is 22.6 Å². The van der Waals surface area contributed by atoms with E-state index in [9.17, 15) is 9.59 Å². The van der Waals surface area contributed by atoms with E-state index in [1.165, 1.54) is 18.7 Å². The Kier molecular flexibility index (Phi) is 7.73. The minimum atomic E-state index is -0.255. The largest absolute Gasteiger partial charge is 0.384 e. The van der Waals surface area contributed by atoms with Gasteiger partial charge >= 0.3 is 0 Å². The van der Waals surface area contributed by atoms with Gasteiger partial charge in [0.25, 0.3) is 5.91 Å². The molecule has 1 aromatic carbocycles. The number of piperidine rings is 1. The molecule has 2 amide bonds. The van der Waals surface area contributed by atoms with Gasteiger partial charge in [0, 0.05) is 30.5 Å². The Labute approximate surface area is 164 Å². The smallest absolute Gasteiger partial charge is 0.253 e. The molecule has 144 valence electrons. The number of rotatable bonds is 3. The number of anilines is 2. The number of nitrogen functional groups attached to an aromatic ring is 1. The number of carbonyl (C=O) groups excluding carboxylic acids is 2. The standard InChI is InChI=1S/C15H18N2O2.C6H5N3/c1-2-14(18)16-13-8-6-12(7-9-13)15(19)17-10-4-3-5-11-17;7-3-5-1-2-6(8)9-4-5/h2,6-9H,1,3-5,10-11H2,(H,16,18);1-2,4H,(H2,8,9). The topological polar surface area (TPSA) is 112 Å². The minimum Gasteiger partial charge on any atom is -0.384 e. The average Bonchev–Trinajstić information content (AvgIpc) is 2.75. The Bertz CT molecular complexity index is 848. The SMILES string of the molecule is C=CC(=O)Nc1ccc(C(=O)N2CCCCC2)cc1.N#Cc1ccc(N)nc1. The Morgan fingerprint density at radius 1 is 1.14 bits per heavy atom. The Hall–Kier alpha value is -3.66. The molecule has 1 aliphatic rings. The molecule has 1 saturated heterocycles. The lowest BCUT2D eigenvalue weighted by molar-refractivity contribution is -0.111.